The minimum Gasteiger partial charge on any atom is -0.341 e. The molecule has 35 heavy (non-hydrogen) atoms. The number of aromatic nitrogens is 1. The van der Waals surface area contributed by atoms with Gasteiger partial charge in [-0.3, -0.25) is 24.6 Å². The van der Waals surface area contributed by atoms with Crippen LogP contribution in [0.25, 0.3) is 17.0 Å². The fraction of sp³-hybridized carbons (Fsp3) is 0.481. The maximum absolute atomic E-state index is 13.3. The van der Waals surface area contributed by atoms with E-state index in [4.69, 9.17) is 0 Å². The van der Waals surface area contributed by atoms with Crippen LogP contribution in [0.5, 0.6) is 0 Å². The van der Waals surface area contributed by atoms with Crippen LogP contribution in [0.4, 0.5) is 4.79 Å². The molecule has 0 atom stereocenters. The molecule has 3 fully saturated rings. The Morgan fingerprint density at radius 1 is 0.943 bits per heavy atom. The summed E-state index contributed by atoms with van der Waals surface area (Å²) in [7, 11) is 0. The molecule has 0 bridgehead atoms. The second kappa shape index (κ2) is 10.1. The Kier molecular flexibility index (Phi) is 6.70. The fourth-order valence-corrected chi connectivity index (χ4v) is 5.58. The van der Waals surface area contributed by atoms with E-state index in [1.165, 1.54) is 4.90 Å². The molecule has 0 radical (unpaired) electrons. The summed E-state index contributed by atoms with van der Waals surface area (Å²) in [5.41, 5.74) is 1.50. The van der Waals surface area contributed by atoms with Gasteiger partial charge in [-0.15, -0.1) is 0 Å². The Balaban J connectivity index is 1.45. The number of hydrogen-bond donors (Lipinski definition) is 1. The van der Waals surface area contributed by atoms with Crippen molar-refractivity contribution in [3.63, 3.8) is 0 Å². The van der Waals surface area contributed by atoms with Gasteiger partial charge >= 0.3 is 6.03 Å². The lowest BCUT2D eigenvalue weighted by Crippen LogP contribution is -2.58. The molecule has 5 amide bonds. The van der Waals surface area contributed by atoms with Crippen LogP contribution in [0.15, 0.2) is 36.0 Å². The fourth-order valence-electron chi connectivity index (χ4n) is 5.58. The van der Waals surface area contributed by atoms with E-state index in [0.717, 1.165) is 81.8 Å². The smallest absolute Gasteiger partial charge is 0.331 e. The van der Waals surface area contributed by atoms with Crippen molar-refractivity contribution in [2.75, 3.05) is 13.1 Å². The van der Waals surface area contributed by atoms with E-state index in [1.807, 2.05) is 39.9 Å². The number of likely N-dealkylation sites (tertiary alicyclic amines) is 1. The molecule has 0 unspecified atom stereocenters. The number of amides is 5. The van der Waals surface area contributed by atoms with Gasteiger partial charge in [0, 0.05) is 41.8 Å². The zero-order valence-corrected chi connectivity index (χ0v) is 20.0. The molecule has 184 valence electrons. The van der Waals surface area contributed by atoms with E-state index < -0.39 is 17.8 Å². The molecule has 1 aromatic heterocycles. The second-order valence-corrected chi connectivity index (χ2v) is 9.81. The first-order chi connectivity index (χ1) is 17.0. The van der Waals surface area contributed by atoms with Crippen molar-refractivity contribution < 1.29 is 19.2 Å². The second-order valence-electron chi connectivity index (χ2n) is 9.81. The van der Waals surface area contributed by atoms with E-state index in [9.17, 15) is 19.2 Å². The number of benzene rings is 1. The molecule has 5 rings (SSSR count). The molecule has 2 aromatic rings. The van der Waals surface area contributed by atoms with Gasteiger partial charge in [0.1, 0.15) is 12.1 Å². The summed E-state index contributed by atoms with van der Waals surface area (Å²) in [6.45, 7) is 1.78. The topological polar surface area (TPSA) is 91.7 Å². The Labute approximate surface area is 204 Å². The van der Waals surface area contributed by atoms with Crippen molar-refractivity contribution >= 4 is 40.7 Å². The quantitative estimate of drug-likeness (QED) is 0.536. The highest BCUT2D eigenvalue weighted by Crippen LogP contribution is 2.28. The molecule has 8 nitrogen and oxygen atoms in total. The highest BCUT2D eigenvalue weighted by Gasteiger charge is 2.40. The van der Waals surface area contributed by atoms with Crippen molar-refractivity contribution in [3.8, 4) is 0 Å². The maximum Gasteiger partial charge on any atom is 0.331 e. The Morgan fingerprint density at radius 2 is 1.63 bits per heavy atom. The predicted molar refractivity (Wildman–Crippen MR) is 132 cm³/mol. The highest BCUT2D eigenvalue weighted by atomic mass is 16.2. The van der Waals surface area contributed by atoms with Crippen molar-refractivity contribution in [1.82, 2.24) is 19.7 Å². The number of nitrogens with one attached hydrogen (secondary N) is 1. The molecule has 1 aromatic carbocycles. The molecule has 1 saturated carbocycles. The Bertz CT molecular complexity index is 1180. The molecule has 3 heterocycles. The van der Waals surface area contributed by atoms with E-state index in [-0.39, 0.29) is 24.1 Å². The van der Waals surface area contributed by atoms with Crippen LogP contribution in [0, 0.1) is 0 Å². The molecular formula is C27H32N4O4. The first-order valence-electron chi connectivity index (χ1n) is 12.8. The number of urea groups is 1. The Hall–Kier alpha value is -3.42. The third-order valence-corrected chi connectivity index (χ3v) is 7.46. The van der Waals surface area contributed by atoms with E-state index >= 15 is 0 Å². The number of nitrogens with zero attached hydrogens (tertiary/aromatic N) is 3. The zero-order valence-electron chi connectivity index (χ0n) is 20.0. The summed E-state index contributed by atoms with van der Waals surface area (Å²) in [6, 6.07) is 6.85. The lowest BCUT2D eigenvalue weighted by atomic mass is 9.93. The minimum atomic E-state index is -0.676. The number of fused-ring (bicyclic) bond motifs is 1. The van der Waals surface area contributed by atoms with Gasteiger partial charge in [-0.1, -0.05) is 50.3 Å². The lowest BCUT2D eigenvalue weighted by molar-refractivity contribution is -0.133. The van der Waals surface area contributed by atoms with Gasteiger partial charge in [0.05, 0.1) is 0 Å². The van der Waals surface area contributed by atoms with E-state index in [0.29, 0.717) is 5.56 Å². The number of carbonyl (C=O) groups excluding carboxylic acids is 4. The number of hydrogen-bond acceptors (Lipinski definition) is 4. The van der Waals surface area contributed by atoms with Gasteiger partial charge in [-0.2, -0.15) is 0 Å². The van der Waals surface area contributed by atoms with Crippen molar-refractivity contribution in [2.24, 2.45) is 0 Å². The van der Waals surface area contributed by atoms with Gasteiger partial charge in [-0.25, -0.2) is 4.79 Å². The van der Waals surface area contributed by atoms with Crippen LogP contribution < -0.4 is 5.32 Å². The van der Waals surface area contributed by atoms with Crippen LogP contribution in [0.3, 0.4) is 0 Å². The summed E-state index contributed by atoms with van der Waals surface area (Å²) in [4.78, 5) is 54.8. The number of para-hydroxylation sites is 1. The lowest BCUT2D eigenvalue weighted by Gasteiger charge is -2.35. The van der Waals surface area contributed by atoms with Gasteiger partial charge in [0.25, 0.3) is 11.8 Å². The van der Waals surface area contributed by atoms with Crippen LogP contribution >= 0.6 is 0 Å². The number of barbiturate groups is 1. The monoisotopic (exact) mass is 476 g/mol. The molecule has 0 spiro atoms. The summed E-state index contributed by atoms with van der Waals surface area (Å²) >= 11 is 0. The molecule has 1 aliphatic carbocycles. The van der Waals surface area contributed by atoms with Crippen molar-refractivity contribution in [1.29, 1.82) is 0 Å². The summed E-state index contributed by atoms with van der Waals surface area (Å²) < 4.78 is 1.89. The summed E-state index contributed by atoms with van der Waals surface area (Å²) in [5, 5.41) is 3.21. The normalized spacial score (nSPS) is 21.5. The standard InChI is InChI=1S/C27H32N4O4/c32-24(29-14-8-1-2-9-15-29)18-30-17-19(21-12-6-7-13-23(21)30)16-22-25(33)28-27(35)31(26(22)34)20-10-4-3-5-11-20/h6-7,12-13,16-17,20H,1-5,8-11,14-15,18H2,(H,28,33,35)/b22-16+. The van der Waals surface area contributed by atoms with Gasteiger partial charge in [-0.05, 0) is 37.8 Å². The molecule has 2 aliphatic heterocycles. The Morgan fingerprint density at radius 3 is 2.37 bits per heavy atom. The number of rotatable bonds is 4. The van der Waals surface area contributed by atoms with Crippen LogP contribution in [0.1, 0.15) is 63.4 Å². The van der Waals surface area contributed by atoms with Crippen LogP contribution in [0.2, 0.25) is 0 Å². The summed E-state index contributed by atoms with van der Waals surface area (Å²) in [6.07, 6.45) is 12.3. The van der Waals surface area contributed by atoms with E-state index in [1.54, 1.807) is 6.08 Å². The van der Waals surface area contributed by atoms with Crippen LogP contribution in [-0.2, 0) is 20.9 Å². The zero-order chi connectivity index (χ0) is 24.4. The average Bonchev–Trinajstić information content (AvgIpc) is 3.01. The molecule has 8 heteroatoms. The molecular weight excluding hydrogens is 444 g/mol. The predicted octanol–water partition coefficient (Wildman–Crippen LogP) is 3.84. The first-order valence-corrected chi connectivity index (χ1v) is 12.8. The third kappa shape index (κ3) is 4.74. The minimum absolute atomic E-state index is 0.0445. The first kappa shape index (κ1) is 23.3. The molecule has 2 saturated heterocycles. The summed E-state index contributed by atoms with van der Waals surface area (Å²) in [5.74, 6) is -1.14. The number of carbonyl (C=O) groups is 4. The van der Waals surface area contributed by atoms with Gasteiger partial charge in [0.15, 0.2) is 0 Å². The van der Waals surface area contributed by atoms with Crippen LogP contribution in [-0.4, -0.2) is 57.3 Å². The van der Waals surface area contributed by atoms with Gasteiger partial charge in [0.2, 0.25) is 5.91 Å². The molecule has 3 aliphatic rings. The van der Waals surface area contributed by atoms with Crippen molar-refractivity contribution in [2.45, 2.75) is 70.4 Å². The average molecular weight is 477 g/mol. The molecule has 1 N–H and O–H groups in total. The largest absolute Gasteiger partial charge is 0.341 e. The SMILES string of the molecule is O=C1NC(=O)N(C2CCCCC2)C(=O)/C1=C/c1cn(CC(=O)N2CCCCCC2)c2ccccc12. The highest BCUT2D eigenvalue weighted by molar-refractivity contribution is 6.31. The third-order valence-electron chi connectivity index (χ3n) is 7.46. The maximum atomic E-state index is 13.3. The van der Waals surface area contributed by atoms with Gasteiger partial charge < -0.3 is 9.47 Å². The van der Waals surface area contributed by atoms with Crippen molar-refractivity contribution in [3.05, 3.63) is 41.6 Å². The van der Waals surface area contributed by atoms with E-state index in [2.05, 4.69) is 5.32 Å². The number of imide groups is 2.